The van der Waals surface area contributed by atoms with Crippen molar-refractivity contribution in [3.8, 4) is 11.4 Å². The molecule has 0 amide bonds. The molecule has 5 aromatic rings. The second-order valence-corrected chi connectivity index (χ2v) is 7.47. The van der Waals surface area contributed by atoms with Gasteiger partial charge in [-0.25, -0.2) is 9.97 Å². The Hall–Kier alpha value is -4.13. The summed E-state index contributed by atoms with van der Waals surface area (Å²) in [5.41, 5.74) is 11.2. The van der Waals surface area contributed by atoms with E-state index in [1.54, 1.807) is 12.1 Å². The highest BCUT2D eigenvalue weighted by Gasteiger charge is 2.13. The number of rotatable bonds is 5. The molecule has 7 heteroatoms. The average Bonchev–Trinajstić information content (AvgIpc) is 3.27. The lowest BCUT2D eigenvalue weighted by Crippen LogP contribution is -2.10. The van der Waals surface area contributed by atoms with Crippen LogP contribution in [0.4, 0.5) is 0 Å². The minimum absolute atomic E-state index is 0.0404. The number of nitrogens with one attached hydrogen (secondary N) is 1. The molecule has 0 aliphatic carbocycles. The van der Waals surface area contributed by atoms with E-state index in [9.17, 15) is 0 Å². The fourth-order valence-electron chi connectivity index (χ4n) is 3.86. The van der Waals surface area contributed by atoms with Gasteiger partial charge in [0.2, 0.25) is 0 Å². The summed E-state index contributed by atoms with van der Waals surface area (Å²) in [5.74, 6) is 2.51. The van der Waals surface area contributed by atoms with Crippen LogP contribution in [0.25, 0.3) is 27.8 Å². The van der Waals surface area contributed by atoms with Crippen LogP contribution in [0.1, 0.15) is 17.2 Å². The van der Waals surface area contributed by atoms with Gasteiger partial charge in [-0.3, -0.25) is 9.98 Å². The Morgan fingerprint density at radius 2 is 1.74 bits per heavy atom. The molecule has 0 aliphatic rings. The summed E-state index contributed by atoms with van der Waals surface area (Å²) in [6, 6.07) is 21.6. The zero-order valence-electron chi connectivity index (χ0n) is 17.3. The van der Waals surface area contributed by atoms with Crippen molar-refractivity contribution in [2.45, 2.75) is 13.5 Å². The number of para-hydroxylation sites is 2. The fraction of sp³-hybridized carbons (Fsp3) is 0.125. The first kappa shape index (κ1) is 18.9. The minimum atomic E-state index is 0.0404. The Labute approximate surface area is 179 Å². The molecule has 0 atom stereocenters. The van der Waals surface area contributed by atoms with Crippen molar-refractivity contribution >= 4 is 27.9 Å². The van der Waals surface area contributed by atoms with Crippen LogP contribution in [-0.4, -0.2) is 24.9 Å². The number of aryl methyl sites for hydroxylation is 2. The van der Waals surface area contributed by atoms with Crippen molar-refractivity contribution in [3.05, 3.63) is 83.9 Å². The molecule has 0 aliphatic heterocycles. The largest absolute Gasteiger partial charge is 0.486 e. The van der Waals surface area contributed by atoms with Crippen LogP contribution in [0.3, 0.4) is 0 Å². The number of fused-ring (bicyclic) bond motifs is 2. The molecule has 31 heavy (non-hydrogen) atoms. The Bertz CT molecular complexity index is 1430. The number of benzene rings is 3. The number of imidazole rings is 2. The lowest BCUT2D eigenvalue weighted by molar-refractivity contribution is 0.292. The number of nitrogens with two attached hydrogens (primary N) is 1. The van der Waals surface area contributed by atoms with Gasteiger partial charge in [0.05, 0.1) is 22.1 Å². The minimum Gasteiger partial charge on any atom is -0.486 e. The molecule has 2 aromatic heterocycles. The predicted molar refractivity (Wildman–Crippen MR) is 122 cm³/mol. The summed E-state index contributed by atoms with van der Waals surface area (Å²) in [7, 11) is 1.99. The lowest BCUT2D eigenvalue weighted by atomic mass is 10.2. The molecular weight excluding hydrogens is 388 g/mol. The molecule has 5 rings (SSSR count). The monoisotopic (exact) mass is 410 g/mol. The topological polar surface area (TPSA) is 94.7 Å². The van der Waals surface area contributed by atoms with Gasteiger partial charge in [0.15, 0.2) is 0 Å². The molecule has 0 saturated heterocycles. The van der Waals surface area contributed by atoms with Gasteiger partial charge in [0.25, 0.3) is 0 Å². The lowest BCUT2D eigenvalue weighted by Gasteiger charge is -2.08. The highest BCUT2D eigenvalue weighted by molar-refractivity contribution is 5.95. The van der Waals surface area contributed by atoms with Gasteiger partial charge in [-0.1, -0.05) is 12.1 Å². The van der Waals surface area contributed by atoms with Crippen molar-refractivity contribution in [3.63, 3.8) is 0 Å². The zero-order chi connectivity index (χ0) is 21.5. The van der Waals surface area contributed by atoms with E-state index in [-0.39, 0.29) is 5.84 Å². The first-order valence-corrected chi connectivity index (χ1v) is 9.98. The Morgan fingerprint density at radius 1 is 0.968 bits per heavy atom. The van der Waals surface area contributed by atoms with E-state index >= 15 is 0 Å². The molecule has 0 unspecified atom stereocenters. The Morgan fingerprint density at radius 3 is 2.52 bits per heavy atom. The molecule has 7 nitrogen and oxygen atoms in total. The predicted octanol–water partition coefficient (Wildman–Crippen LogP) is 4.08. The normalized spacial score (nSPS) is 11.3. The van der Waals surface area contributed by atoms with E-state index in [1.165, 1.54) is 0 Å². The molecule has 0 radical (unpaired) electrons. The summed E-state index contributed by atoms with van der Waals surface area (Å²) in [6.45, 7) is 2.35. The van der Waals surface area contributed by atoms with Gasteiger partial charge in [-0.05, 0) is 61.5 Å². The van der Waals surface area contributed by atoms with Crippen molar-refractivity contribution in [1.82, 2.24) is 19.1 Å². The third-order valence-electron chi connectivity index (χ3n) is 5.48. The van der Waals surface area contributed by atoms with Crippen LogP contribution in [0.2, 0.25) is 0 Å². The van der Waals surface area contributed by atoms with Crippen LogP contribution in [0.5, 0.6) is 5.75 Å². The van der Waals surface area contributed by atoms with Crippen molar-refractivity contribution < 1.29 is 4.74 Å². The summed E-state index contributed by atoms with van der Waals surface area (Å²) in [4.78, 5) is 9.47. The smallest absolute Gasteiger partial charge is 0.147 e. The Balaban J connectivity index is 1.45. The van der Waals surface area contributed by atoms with Gasteiger partial charge in [-0.2, -0.15) is 0 Å². The standard InChI is InChI=1S/C24H22N6O/c1-15-27-19-5-3-4-6-22(19)30(15)17-9-12-21-20(13-17)28-23(29(21)2)14-31-18-10-7-16(8-11-18)24(25)26/h3-13H,14H2,1-2H3,(H3,25,26). The number of aromatic nitrogens is 4. The van der Waals surface area contributed by atoms with Gasteiger partial charge in [-0.15, -0.1) is 0 Å². The van der Waals surface area contributed by atoms with Gasteiger partial charge < -0.3 is 15.0 Å². The van der Waals surface area contributed by atoms with Crippen LogP contribution in [0, 0.1) is 12.3 Å². The first-order valence-electron chi connectivity index (χ1n) is 9.98. The van der Waals surface area contributed by atoms with E-state index in [0.29, 0.717) is 17.9 Å². The summed E-state index contributed by atoms with van der Waals surface area (Å²) in [5, 5.41) is 7.48. The van der Waals surface area contributed by atoms with Crippen molar-refractivity contribution in [1.29, 1.82) is 5.41 Å². The number of hydrogen-bond donors (Lipinski definition) is 2. The average molecular weight is 410 g/mol. The summed E-state index contributed by atoms with van der Waals surface area (Å²) < 4.78 is 10.1. The Kier molecular flexibility index (Phi) is 4.43. The second-order valence-electron chi connectivity index (χ2n) is 7.47. The van der Waals surface area contributed by atoms with Crippen LogP contribution in [0.15, 0.2) is 66.7 Å². The second kappa shape index (κ2) is 7.28. The van der Waals surface area contributed by atoms with Gasteiger partial charge in [0, 0.05) is 18.3 Å². The summed E-state index contributed by atoms with van der Waals surface area (Å²) in [6.07, 6.45) is 0. The van der Waals surface area contributed by atoms with Crippen LogP contribution in [-0.2, 0) is 13.7 Å². The molecule has 3 aromatic carbocycles. The molecule has 2 heterocycles. The van der Waals surface area contributed by atoms with Crippen molar-refractivity contribution in [2.75, 3.05) is 0 Å². The highest BCUT2D eigenvalue weighted by atomic mass is 16.5. The van der Waals surface area contributed by atoms with E-state index in [2.05, 4.69) is 33.8 Å². The maximum absolute atomic E-state index is 7.48. The maximum atomic E-state index is 7.48. The van der Waals surface area contributed by atoms with E-state index in [4.69, 9.17) is 20.9 Å². The van der Waals surface area contributed by atoms with E-state index in [1.807, 2.05) is 48.9 Å². The van der Waals surface area contributed by atoms with E-state index in [0.717, 1.165) is 39.4 Å². The number of nitrogens with zero attached hydrogens (tertiary/aromatic N) is 4. The van der Waals surface area contributed by atoms with Crippen LogP contribution >= 0.6 is 0 Å². The zero-order valence-corrected chi connectivity index (χ0v) is 17.3. The number of hydrogen-bond acceptors (Lipinski definition) is 4. The first-order chi connectivity index (χ1) is 15.0. The highest BCUT2D eigenvalue weighted by Crippen LogP contribution is 2.25. The molecule has 0 bridgehead atoms. The summed E-state index contributed by atoms with van der Waals surface area (Å²) >= 11 is 0. The number of nitrogen functional groups attached to an aromatic ring is 1. The van der Waals surface area contributed by atoms with E-state index < -0.39 is 0 Å². The third kappa shape index (κ3) is 3.30. The quantitative estimate of drug-likeness (QED) is 0.337. The van der Waals surface area contributed by atoms with Gasteiger partial charge >= 0.3 is 0 Å². The number of amidine groups is 1. The van der Waals surface area contributed by atoms with Crippen molar-refractivity contribution in [2.24, 2.45) is 12.8 Å². The molecule has 3 N–H and O–H groups in total. The third-order valence-corrected chi connectivity index (χ3v) is 5.48. The molecule has 154 valence electrons. The molecule has 0 saturated carbocycles. The fourth-order valence-corrected chi connectivity index (χ4v) is 3.86. The number of ether oxygens (including phenoxy) is 1. The molecule has 0 fully saturated rings. The van der Waals surface area contributed by atoms with Crippen LogP contribution < -0.4 is 10.5 Å². The molecular formula is C24H22N6O. The molecule has 0 spiro atoms. The SMILES string of the molecule is Cc1nc2ccccc2n1-c1ccc2c(c1)nc(COc1ccc(C(=N)N)cc1)n2C. The maximum Gasteiger partial charge on any atom is 0.147 e. The van der Waals surface area contributed by atoms with Gasteiger partial charge in [0.1, 0.15) is 29.8 Å².